The molecule has 3 N–H and O–H groups in total. The lowest BCUT2D eigenvalue weighted by Gasteiger charge is -2.42. The van der Waals surface area contributed by atoms with Crippen molar-refractivity contribution in [1.29, 1.82) is 0 Å². The molecular weight excluding hydrogens is 228 g/mol. The van der Waals surface area contributed by atoms with Gasteiger partial charge in [-0.05, 0) is 24.2 Å². The second-order valence-electron chi connectivity index (χ2n) is 4.82. The van der Waals surface area contributed by atoms with Gasteiger partial charge in [-0.2, -0.15) is 11.8 Å². The number of thioether (sulfide) groups is 1. The van der Waals surface area contributed by atoms with Gasteiger partial charge < -0.3 is 11.1 Å². The standard InChI is InChI=1S/C14H22N2S/c1-12-14(11-15,8-5-9-17-12)16-10-13-6-3-2-4-7-13/h2-4,6-7,12,16H,5,8-11,15H2,1H3. The van der Waals surface area contributed by atoms with Crippen LogP contribution in [0.5, 0.6) is 0 Å². The van der Waals surface area contributed by atoms with Gasteiger partial charge in [0, 0.05) is 23.9 Å². The zero-order valence-electron chi connectivity index (χ0n) is 10.5. The van der Waals surface area contributed by atoms with Crippen LogP contribution in [-0.2, 0) is 6.54 Å². The lowest BCUT2D eigenvalue weighted by Crippen LogP contribution is -2.58. The quantitative estimate of drug-likeness (QED) is 0.862. The maximum absolute atomic E-state index is 6.02. The minimum absolute atomic E-state index is 0.124. The molecule has 0 aliphatic carbocycles. The van der Waals surface area contributed by atoms with Crippen LogP contribution in [0.4, 0.5) is 0 Å². The molecule has 1 heterocycles. The molecule has 1 saturated heterocycles. The van der Waals surface area contributed by atoms with Crippen molar-refractivity contribution >= 4 is 11.8 Å². The number of benzene rings is 1. The first kappa shape index (κ1) is 12.9. The van der Waals surface area contributed by atoms with Gasteiger partial charge in [0.1, 0.15) is 0 Å². The van der Waals surface area contributed by atoms with Crippen molar-refractivity contribution in [2.45, 2.75) is 37.1 Å². The highest BCUT2D eigenvalue weighted by molar-refractivity contribution is 8.00. The number of nitrogens with two attached hydrogens (primary N) is 1. The average molecular weight is 250 g/mol. The van der Waals surface area contributed by atoms with Gasteiger partial charge in [-0.25, -0.2) is 0 Å². The second-order valence-corrected chi connectivity index (χ2v) is 6.26. The van der Waals surface area contributed by atoms with Gasteiger partial charge in [0.25, 0.3) is 0 Å². The van der Waals surface area contributed by atoms with Crippen molar-refractivity contribution in [1.82, 2.24) is 5.32 Å². The Morgan fingerprint density at radius 1 is 1.41 bits per heavy atom. The van der Waals surface area contributed by atoms with E-state index in [1.165, 1.54) is 24.2 Å². The van der Waals surface area contributed by atoms with Crippen LogP contribution < -0.4 is 11.1 Å². The molecule has 1 aliphatic rings. The van der Waals surface area contributed by atoms with Gasteiger partial charge in [0.2, 0.25) is 0 Å². The smallest absolute Gasteiger partial charge is 0.0424 e. The minimum Gasteiger partial charge on any atom is -0.329 e. The zero-order valence-corrected chi connectivity index (χ0v) is 11.3. The Labute approximate surface area is 108 Å². The molecule has 0 bridgehead atoms. The summed E-state index contributed by atoms with van der Waals surface area (Å²) in [7, 11) is 0. The number of hydrogen-bond acceptors (Lipinski definition) is 3. The minimum atomic E-state index is 0.124. The summed E-state index contributed by atoms with van der Waals surface area (Å²) in [6.45, 7) is 3.95. The van der Waals surface area contributed by atoms with Crippen LogP contribution in [0.15, 0.2) is 30.3 Å². The molecule has 0 amide bonds. The molecule has 2 atom stereocenters. The van der Waals surface area contributed by atoms with Crippen LogP contribution in [0.3, 0.4) is 0 Å². The molecule has 0 radical (unpaired) electrons. The summed E-state index contributed by atoms with van der Waals surface area (Å²) in [6.07, 6.45) is 2.47. The number of hydrogen-bond donors (Lipinski definition) is 2. The van der Waals surface area contributed by atoms with E-state index in [1.54, 1.807) is 0 Å². The molecule has 17 heavy (non-hydrogen) atoms. The zero-order chi connectivity index (χ0) is 12.1. The maximum atomic E-state index is 6.02. The lowest BCUT2D eigenvalue weighted by atomic mass is 9.89. The normalized spacial score (nSPS) is 29.2. The monoisotopic (exact) mass is 250 g/mol. The summed E-state index contributed by atoms with van der Waals surface area (Å²) in [4.78, 5) is 0. The van der Waals surface area contributed by atoms with E-state index in [4.69, 9.17) is 5.73 Å². The van der Waals surface area contributed by atoms with Crippen LogP contribution >= 0.6 is 11.8 Å². The highest BCUT2D eigenvalue weighted by Gasteiger charge is 2.36. The Morgan fingerprint density at radius 2 is 2.18 bits per heavy atom. The topological polar surface area (TPSA) is 38.0 Å². The van der Waals surface area contributed by atoms with Gasteiger partial charge in [0.15, 0.2) is 0 Å². The maximum Gasteiger partial charge on any atom is 0.0424 e. The Hall–Kier alpha value is -0.510. The fourth-order valence-corrected chi connectivity index (χ4v) is 3.74. The first-order valence-corrected chi connectivity index (χ1v) is 7.42. The van der Waals surface area contributed by atoms with Gasteiger partial charge >= 0.3 is 0 Å². The summed E-state index contributed by atoms with van der Waals surface area (Å²) < 4.78 is 0. The van der Waals surface area contributed by atoms with Gasteiger partial charge in [-0.15, -0.1) is 0 Å². The first-order chi connectivity index (χ1) is 8.27. The van der Waals surface area contributed by atoms with E-state index in [0.29, 0.717) is 5.25 Å². The third-order valence-corrected chi connectivity index (χ3v) is 5.24. The molecule has 1 fully saturated rings. The molecule has 1 aromatic carbocycles. The van der Waals surface area contributed by atoms with E-state index < -0.39 is 0 Å². The van der Waals surface area contributed by atoms with Gasteiger partial charge in [0.05, 0.1) is 0 Å². The first-order valence-electron chi connectivity index (χ1n) is 6.37. The summed E-state index contributed by atoms with van der Waals surface area (Å²) >= 11 is 2.04. The Morgan fingerprint density at radius 3 is 2.82 bits per heavy atom. The van der Waals surface area contributed by atoms with Gasteiger partial charge in [-0.1, -0.05) is 37.3 Å². The second kappa shape index (κ2) is 5.89. The highest BCUT2D eigenvalue weighted by atomic mass is 32.2. The molecular formula is C14H22N2S. The molecule has 0 spiro atoms. The third-order valence-electron chi connectivity index (χ3n) is 3.76. The third kappa shape index (κ3) is 3.03. The molecule has 3 heteroatoms. The predicted octanol–water partition coefficient (Wildman–Crippen LogP) is 2.39. The molecule has 1 aliphatic heterocycles. The van der Waals surface area contributed by atoms with Crippen molar-refractivity contribution in [3.63, 3.8) is 0 Å². The van der Waals surface area contributed by atoms with Crippen LogP contribution in [0.25, 0.3) is 0 Å². The van der Waals surface area contributed by atoms with E-state index in [-0.39, 0.29) is 5.54 Å². The Kier molecular flexibility index (Phi) is 4.48. The Balaban J connectivity index is 1.99. The fraction of sp³-hybridized carbons (Fsp3) is 0.571. The van der Waals surface area contributed by atoms with Crippen molar-refractivity contribution in [2.24, 2.45) is 5.73 Å². The van der Waals surface area contributed by atoms with E-state index in [2.05, 4.69) is 42.6 Å². The summed E-state index contributed by atoms with van der Waals surface area (Å²) in [5.41, 5.74) is 7.48. The number of rotatable bonds is 4. The molecule has 0 saturated carbocycles. The number of nitrogens with one attached hydrogen (secondary N) is 1. The largest absolute Gasteiger partial charge is 0.329 e. The summed E-state index contributed by atoms with van der Waals surface area (Å²) in [6, 6.07) is 10.6. The molecule has 2 nitrogen and oxygen atoms in total. The molecule has 0 aromatic heterocycles. The van der Waals surface area contributed by atoms with E-state index in [0.717, 1.165) is 13.1 Å². The van der Waals surface area contributed by atoms with Crippen LogP contribution in [-0.4, -0.2) is 23.1 Å². The predicted molar refractivity (Wildman–Crippen MR) is 76.2 cm³/mol. The molecule has 94 valence electrons. The van der Waals surface area contributed by atoms with Crippen LogP contribution in [0.1, 0.15) is 25.3 Å². The fourth-order valence-electron chi connectivity index (χ4n) is 2.46. The van der Waals surface area contributed by atoms with Crippen molar-refractivity contribution in [3.05, 3.63) is 35.9 Å². The van der Waals surface area contributed by atoms with Gasteiger partial charge in [-0.3, -0.25) is 0 Å². The van der Waals surface area contributed by atoms with Crippen LogP contribution in [0, 0.1) is 0 Å². The average Bonchev–Trinajstić information content (AvgIpc) is 2.39. The van der Waals surface area contributed by atoms with Crippen molar-refractivity contribution in [3.8, 4) is 0 Å². The van der Waals surface area contributed by atoms with Crippen LogP contribution in [0.2, 0.25) is 0 Å². The SMILES string of the molecule is CC1SCCCC1(CN)NCc1ccccc1. The Bertz CT molecular complexity index is 341. The van der Waals surface area contributed by atoms with E-state index in [9.17, 15) is 0 Å². The summed E-state index contributed by atoms with van der Waals surface area (Å²) in [5.74, 6) is 1.27. The van der Waals surface area contributed by atoms with Crippen molar-refractivity contribution in [2.75, 3.05) is 12.3 Å². The lowest BCUT2D eigenvalue weighted by molar-refractivity contribution is 0.295. The molecule has 2 rings (SSSR count). The van der Waals surface area contributed by atoms with E-state index >= 15 is 0 Å². The van der Waals surface area contributed by atoms with E-state index in [1.807, 2.05) is 11.8 Å². The highest BCUT2D eigenvalue weighted by Crippen LogP contribution is 2.33. The van der Waals surface area contributed by atoms with Crippen molar-refractivity contribution < 1.29 is 0 Å². The summed E-state index contributed by atoms with van der Waals surface area (Å²) in [5, 5.41) is 4.31. The molecule has 1 aromatic rings. The molecule has 2 unspecified atom stereocenters.